The van der Waals surface area contributed by atoms with Crippen LogP contribution in [0.15, 0.2) is 0 Å². The molecule has 0 saturated carbocycles. The van der Waals surface area contributed by atoms with Crippen LogP contribution in [0.1, 0.15) is 478 Å². The number of carbonyl (C=O) groups is 4. The van der Waals surface area contributed by atoms with Gasteiger partial charge in [0.25, 0.3) is 0 Å². The monoisotopic (exact) mass is 1560 g/mol. The Kier molecular flexibility index (Phi) is 79.2. The van der Waals surface area contributed by atoms with Crippen LogP contribution in [0.25, 0.3) is 0 Å². The lowest BCUT2D eigenvalue weighted by atomic mass is 9.99. The molecule has 0 radical (unpaired) electrons. The Morgan fingerprint density at radius 3 is 0.664 bits per heavy atom. The van der Waals surface area contributed by atoms with Crippen LogP contribution in [0.3, 0.4) is 0 Å². The molecular formula is C88H172O17P2. The highest BCUT2D eigenvalue weighted by atomic mass is 31.2. The summed E-state index contributed by atoms with van der Waals surface area (Å²) >= 11 is 0. The lowest BCUT2D eigenvalue weighted by molar-refractivity contribution is -0.161. The van der Waals surface area contributed by atoms with Gasteiger partial charge in [0.1, 0.15) is 19.3 Å². The van der Waals surface area contributed by atoms with Crippen LogP contribution >= 0.6 is 15.6 Å². The first kappa shape index (κ1) is 105. The van der Waals surface area contributed by atoms with Crippen molar-refractivity contribution in [3.63, 3.8) is 0 Å². The predicted molar refractivity (Wildman–Crippen MR) is 442 cm³/mol. The zero-order valence-corrected chi connectivity index (χ0v) is 72.1. The quantitative estimate of drug-likeness (QED) is 0.0222. The van der Waals surface area contributed by atoms with Gasteiger partial charge in [0.15, 0.2) is 12.2 Å². The van der Waals surface area contributed by atoms with E-state index in [1.54, 1.807) is 0 Å². The molecule has 0 bridgehead atoms. The summed E-state index contributed by atoms with van der Waals surface area (Å²) in [5.74, 6) is -1.25. The van der Waals surface area contributed by atoms with E-state index < -0.39 is 97.5 Å². The van der Waals surface area contributed by atoms with Crippen LogP contribution in [0.5, 0.6) is 0 Å². The topological polar surface area (TPSA) is 237 Å². The average molecular weight is 1560 g/mol. The summed E-state index contributed by atoms with van der Waals surface area (Å²) < 4.78 is 69.0. The molecule has 0 aromatic carbocycles. The van der Waals surface area contributed by atoms with Gasteiger partial charge in [-0.2, -0.15) is 0 Å². The standard InChI is InChI=1S/C88H172O17P2/c1-6-10-13-16-19-22-25-27-29-31-32-33-34-36-38-44-49-54-59-64-69-74-88(93)105-84(78-99-86(91)72-67-62-57-52-47-42-40-39-41-46-50-55-60-65-70-81(5)9-4)80-103-107(96,97)101-76-82(89)75-100-106(94,95)102-79-83(77-98-85(90)71-66-61-56-51-45-24-21-18-15-12-8-3)104-87(92)73-68-63-58-53-48-43-37-35-30-28-26-23-20-17-14-11-7-2/h81-84,89H,6-80H2,1-5H3,(H,94,95)(H,96,97)/t81?,82-,83+,84+/m0/s1. The number of esters is 4. The van der Waals surface area contributed by atoms with Gasteiger partial charge in [-0.05, 0) is 31.6 Å². The number of rotatable bonds is 88. The van der Waals surface area contributed by atoms with E-state index in [0.29, 0.717) is 25.7 Å². The number of aliphatic hydroxyl groups excluding tert-OH is 1. The van der Waals surface area contributed by atoms with Gasteiger partial charge in [0, 0.05) is 25.7 Å². The zero-order chi connectivity index (χ0) is 78.3. The second-order valence-corrected chi connectivity index (χ2v) is 34.8. The van der Waals surface area contributed by atoms with Gasteiger partial charge in [0.2, 0.25) is 0 Å². The summed E-state index contributed by atoms with van der Waals surface area (Å²) in [7, 11) is -9.93. The van der Waals surface area contributed by atoms with Gasteiger partial charge in [0.05, 0.1) is 26.4 Å². The fraction of sp³-hybridized carbons (Fsp3) is 0.955. The molecule has 0 aliphatic rings. The fourth-order valence-corrected chi connectivity index (χ4v) is 15.4. The molecule has 636 valence electrons. The van der Waals surface area contributed by atoms with E-state index in [4.69, 9.17) is 37.0 Å². The number of phosphoric ester groups is 2. The van der Waals surface area contributed by atoms with Gasteiger partial charge in [-0.15, -0.1) is 0 Å². The van der Waals surface area contributed by atoms with Crippen molar-refractivity contribution in [3.8, 4) is 0 Å². The number of ether oxygens (including phenoxy) is 4. The smallest absolute Gasteiger partial charge is 0.462 e. The number of aliphatic hydroxyl groups is 1. The second-order valence-electron chi connectivity index (χ2n) is 31.9. The van der Waals surface area contributed by atoms with Gasteiger partial charge < -0.3 is 33.8 Å². The van der Waals surface area contributed by atoms with E-state index in [1.807, 2.05) is 0 Å². The highest BCUT2D eigenvalue weighted by molar-refractivity contribution is 7.47. The van der Waals surface area contributed by atoms with Gasteiger partial charge >= 0.3 is 39.5 Å². The lowest BCUT2D eigenvalue weighted by Crippen LogP contribution is -2.30. The molecule has 107 heavy (non-hydrogen) atoms. The van der Waals surface area contributed by atoms with E-state index in [0.717, 1.165) is 95.8 Å². The van der Waals surface area contributed by atoms with Crippen molar-refractivity contribution in [3.05, 3.63) is 0 Å². The Hall–Kier alpha value is -1.94. The van der Waals surface area contributed by atoms with Gasteiger partial charge in [-0.1, -0.05) is 426 Å². The molecule has 0 aromatic rings. The predicted octanol–water partition coefficient (Wildman–Crippen LogP) is 27.2. The van der Waals surface area contributed by atoms with Crippen LogP contribution in [-0.2, 0) is 65.4 Å². The first-order chi connectivity index (χ1) is 52.1. The number of phosphoric acid groups is 2. The molecule has 0 rings (SSSR count). The highest BCUT2D eigenvalue weighted by Gasteiger charge is 2.30. The summed E-state index contributed by atoms with van der Waals surface area (Å²) in [4.78, 5) is 73.3. The van der Waals surface area contributed by atoms with Gasteiger partial charge in [-0.3, -0.25) is 37.3 Å². The van der Waals surface area contributed by atoms with Crippen molar-refractivity contribution < 1.29 is 80.2 Å². The van der Waals surface area contributed by atoms with E-state index in [2.05, 4.69) is 34.6 Å². The molecule has 3 unspecified atom stereocenters. The van der Waals surface area contributed by atoms with Crippen molar-refractivity contribution in [1.29, 1.82) is 0 Å². The number of hydrogen-bond acceptors (Lipinski definition) is 15. The Bertz CT molecular complexity index is 2030. The molecule has 0 fully saturated rings. The van der Waals surface area contributed by atoms with E-state index in [-0.39, 0.29) is 25.7 Å². The number of hydrogen-bond donors (Lipinski definition) is 3. The molecule has 0 saturated heterocycles. The minimum atomic E-state index is -4.97. The molecule has 19 heteroatoms. The largest absolute Gasteiger partial charge is 0.472 e. The van der Waals surface area contributed by atoms with Crippen molar-refractivity contribution in [1.82, 2.24) is 0 Å². The van der Waals surface area contributed by atoms with Crippen molar-refractivity contribution >= 4 is 39.5 Å². The van der Waals surface area contributed by atoms with Crippen LogP contribution in [0.2, 0.25) is 0 Å². The van der Waals surface area contributed by atoms with E-state index >= 15 is 0 Å². The van der Waals surface area contributed by atoms with Crippen LogP contribution < -0.4 is 0 Å². The molecule has 0 aliphatic heterocycles. The number of unbranched alkanes of at least 4 members (excludes halogenated alkanes) is 59. The average Bonchev–Trinajstić information content (AvgIpc) is 0.902. The summed E-state index contributed by atoms with van der Waals surface area (Å²) in [5.41, 5.74) is 0. The maximum atomic E-state index is 13.2. The first-order valence-electron chi connectivity index (χ1n) is 45.7. The molecule has 0 spiro atoms. The molecule has 0 amide bonds. The summed E-state index contributed by atoms with van der Waals surface area (Å²) in [6, 6.07) is 0. The third-order valence-electron chi connectivity index (χ3n) is 21.1. The van der Waals surface area contributed by atoms with Crippen molar-refractivity contribution in [2.45, 2.75) is 496 Å². The van der Waals surface area contributed by atoms with Crippen LogP contribution in [-0.4, -0.2) is 96.7 Å². The molecule has 0 aromatic heterocycles. The summed E-state index contributed by atoms with van der Waals surface area (Å²) in [6.45, 7) is 7.43. The van der Waals surface area contributed by atoms with Crippen molar-refractivity contribution in [2.75, 3.05) is 39.6 Å². The van der Waals surface area contributed by atoms with Crippen LogP contribution in [0, 0.1) is 5.92 Å². The Morgan fingerprint density at radius 2 is 0.449 bits per heavy atom. The maximum absolute atomic E-state index is 13.2. The van der Waals surface area contributed by atoms with E-state index in [9.17, 15) is 43.2 Å². The fourth-order valence-electron chi connectivity index (χ4n) is 13.8. The zero-order valence-electron chi connectivity index (χ0n) is 70.3. The molecule has 0 aliphatic carbocycles. The third-order valence-corrected chi connectivity index (χ3v) is 23.0. The normalized spacial score (nSPS) is 14.0. The maximum Gasteiger partial charge on any atom is 0.472 e. The van der Waals surface area contributed by atoms with Crippen molar-refractivity contribution in [2.24, 2.45) is 5.92 Å². The molecule has 3 N–H and O–H groups in total. The molecule has 17 nitrogen and oxygen atoms in total. The lowest BCUT2D eigenvalue weighted by Gasteiger charge is -2.21. The highest BCUT2D eigenvalue weighted by Crippen LogP contribution is 2.45. The Balaban J connectivity index is 5.24. The third kappa shape index (κ3) is 80.5. The Morgan fingerprint density at radius 1 is 0.262 bits per heavy atom. The first-order valence-corrected chi connectivity index (χ1v) is 48.7. The van der Waals surface area contributed by atoms with Gasteiger partial charge in [-0.25, -0.2) is 9.13 Å². The molecule has 6 atom stereocenters. The SMILES string of the molecule is CCCCCCCCCCCCCCCCCCCCCCCC(=O)O[C@H](COC(=O)CCCCCCCCCCCCCCCCC(C)CC)COP(=O)(O)OC[C@@H](O)COP(=O)(O)OC[C@@H](COC(=O)CCCCCCCCCCCCC)OC(=O)CCCCCCCCCCCCCCCCCCC. The summed E-state index contributed by atoms with van der Waals surface area (Å²) in [6.07, 6.45) is 74.9. The molecular weight excluding hydrogens is 1390 g/mol. The summed E-state index contributed by atoms with van der Waals surface area (Å²) in [5, 5.41) is 10.7. The molecule has 0 heterocycles. The second kappa shape index (κ2) is 80.7. The van der Waals surface area contributed by atoms with E-state index in [1.165, 1.54) is 302 Å². The minimum absolute atomic E-state index is 0.109. The number of carbonyl (C=O) groups excluding carboxylic acids is 4. The Labute approximate surface area is 658 Å². The minimum Gasteiger partial charge on any atom is -0.462 e. The van der Waals surface area contributed by atoms with Crippen LogP contribution in [0.4, 0.5) is 0 Å².